The first-order valence-electron chi connectivity index (χ1n) is 6.48. The van der Waals surface area contributed by atoms with Crippen LogP contribution in [0.3, 0.4) is 0 Å². The molecule has 0 aromatic heterocycles. The van der Waals surface area contributed by atoms with E-state index in [0.717, 1.165) is 0 Å². The highest BCUT2D eigenvalue weighted by atomic mass is 35.5. The minimum atomic E-state index is -3.61. The molecule has 0 radical (unpaired) electrons. The van der Waals surface area contributed by atoms with Crippen LogP contribution < -0.4 is 8.61 Å². The molecule has 2 aromatic rings. The molecule has 7 heteroatoms. The van der Waals surface area contributed by atoms with E-state index in [9.17, 15) is 8.42 Å². The molecule has 0 spiro atoms. The molecule has 3 rings (SSSR count). The van der Waals surface area contributed by atoms with E-state index in [-0.39, 0.29) is 6.54 Å². The normalized spacial score (nSPS) is 15.5. The molecule has 1 aliphatic rings. The van der Waals surface area contributed by atoms with Crippen molar-refractivity contribution in [2.45, 2.75) is 6.54 Å². The number of para-hydroxylation sites is 2. The Hall–Kier alpha value is -2.23. The van der Waals surface area contributed by atoms with Crippen LogP contribution in [-0.2, 0) is 16.8 Å². The number of benzene rings is 2. The van der Waals surface area contributed by atoms with Crippen LogP contribution in [0.5, 0.6) is 0 Å². The lowest BCUT2D eigenvalue weighted by molar-refractivity contribution is 0.592. The lowest BCUT2D eigenvalue weighted by Gasteiger charge is -2.19. The highest BCUT2D eigenvalue weighted by Crippen LogP contribution is 2.40. The molecule has 1 heterocycles. The van der Waals surface area contributed by atoms with Crippen molar-refractivity contribution in [3.63, 3.8) is 0 Å². The van der Waals surface area contributed by atoms with Gasteiger partial charge in [-0.1, -0.05) is 23.7 Å². The summed E-state index contributed by atoms with van der Waals surface area (Å²) >= 11 is 5.98. The maximum atomic E-state index is 12.5. The molecule has 0 aliphatic carbocycles. The van der Waals surface area contributed by atoms with Gasteiger partial charge in [-0.3, -0.25) is 4.31 Å². The summed E-state index contributed by atoms with van der Waals surface area (Å²) in [6.07, 6.45) is 0. The number of halogens is 1. The molecule has 5 nitrogen and oxygen atoms in total. The van der Waals surface area contributed by atoms with E-state index in [4.69, 9.17) is 16.9 Å². The van der Waals surface area contributed by atoms with Gasteiger partial charge in [0.25, 0.3) is 0 Å². The molecule has 0 amide bonds. The molecule has 112 valence electrons. The van der Waals surface area contributed by atoms with Crippen molar-refractivity contribution in [1.82, 2.24) is 0 Å². The lowest BCUT2D eigenvalue weighted by atomic mass is 10.1. The Morgan fingerprint density at radius 3 is 2.55 bits per heavy atom. The standard InChI is InChI=1S/C15H12ClN3O2S/c1-18-14-4-2-3-5-15(14)19(22(18,20)21)10-12-6-11(9-17)7-13(16)8-12/h2-8H,10H2,1H3. The monoisotopic (exact) mass is 333 g/mol. The molecular formula is C15H12ClN3O2S. The summed E-state index contributed by atoms with van der Waals surface area (Å²) in [7, 11) is -2.09. The first kappa shape index (κ1) is 14.7. The predicted octanol–water partition coefficient (Wildman–Crippen LogP) is 2.91. The van der Waals surface area contributed by atoms with Crippen LogP contribution in [-0.4, -0.2) is 15.5 Å². The van der Waals surface area contributed by atoms with E-state index in [1.54, 1.807) is 42.5 Å². The Bertz CT molecular complexity index is 890. The maximum absolute atomic E-state index is 12.5. The topological polar surface area (TPSA) is 64.4 Å². The third kappa shape index (κ3) is 2.28. The number of nitriles is 1. The maximum Gasteiger partial charge on any atom is 0.326 e. The Balaban J connectivity index is 2.06. The van der Waals surface area contributed by atoms with Crippen LogP contribution in [0.4, 0.5) is 11.4 Å². The van der Waals surface area contributed by atoms with Gasteiger partial charge in [-0.15, -0.1) is 0 Å². The molecule has 22 heavy (non-hydrogen) atoms. The zero-order valence-corrected chi connectivity index (χ0v) is 13.3. The molecule has 0 N–H and O–H groups in total. The van der Waals surface area contributed by atoms with E-state index >= 15 is 0 Å². The van der Waals surface area contributed by atoms with Crippen molar-refractivity contribution in [3.8, 4) is 6.07 Å². The Kier molecular flexibility index (Phi) is 3.47. The zero-order valence-electron chi connectivity index (χ0n) is 11.7. The number of rotatable bonds is 2. The molecule has 0 bridgehead atoms. The second-order valence-corrected chi connectivity index (χ2v) is 7.25. The number of hydrogen-bond acceptors (Lipinski definition) is 3. The summed E-state index contributed by atoms with van der Waals surface area (Å²) in [5.41, 5.74) is 2.31. The fourth-order valence-electron chi connectivity index (χ4n) is 2.48. The van der Waals surface area contributed by atoms with Crippen molar-refractivity contribution in [2.24, 2.45) is 0 Å². The average Bonchev–Trinajstić information content (AvgIpc) is 2.68. The van der Waals surface area contributed by atoms with Gasteiger partial charge >= 0.3 is 10.2 Å². The van der Waals surface area contributed by atoms with E-state index in [0.29, 0.717) is 27.5 Å². The van der Waals surface area contributed by atoms with Crippen LogP contribution >= 0.6 is 11.6 Å². The zero-order chi connectivity index (χ0) is 15.9. The van der Waals surface area contributed by atoms with Crippen molar-refractivity contribution in [3.05, 3.63) is 58.6 Å². The highest BCUT2D eigenvalue weighted by molar-refractivity contribution is 7.94. The smallest absolute Gasteiger partial charge is 0.254 e. The fraction of sp³-hybridized carbons (Fsp3) is 0.133. The summed E-state index contributed by atoms with van der Waals surface area (Å²) in [5.74, 6) is 0. The van der Waals surface area contributed by atoms with Crippen molar-refractivity contribution in [2.75, 3.05) is 15.7 Å². The minimum absolute atomic E-state index is 0.124. The van der Waals surface area contributed by atoms with E-state index in [2.05, 4.69) is 0 Å². The largest absolute Gasteiger partial charge is 0.326 e. The first-order chi connectivity index (χ1) is 10.4. The molecule has 1 aliphatic heterocycles. The highest BCUT2D eigenvalue weighted by Gasteiger charge is 2.37. The minimum Gasteiger partial charge on any atom is -0.254 e. The Morgan fingerprint density at radius 2 is 1.86 bits per heavy atom. The second kappa shape index (κ2) is 5.20. The quantitative estimate of drug-likeness (QED) is 0.848. The van der Waals surface area contributed by atoms with Gasteiger partial charge in [0.2, 0.25) is 0 Å². The number of fused-ring (bicyclic) bond motifs is 1. The third-order valence-corrected chi connectivity index (χ3v) is 5.52. The number of anilines is 2. The SMILES string of the molecule is CN1c2ccccc2N(Cc2cc(Cl)cc(C#N)c2)S1(=O)=O. The lowest BCUT2D eigenvalue weighted by Crippen LogP contribution is -2.35. The third-order valence-electron chi connectivity index (χ3n) is 3.53. The van der Waals surface area contributed by atoms with E-state index in [1.165, 1.54) is 15.7 Å². The van der Waals surface area contributed by atoms with Crippen molar-refractivity contribution < 1.29 is 8.42 Å². The molecule has 0 atom stereocenters. The molecule has 0 fully saturated rings. The molecule has 2 aromatic carbocycles. The van der Waals surface area contributed by atoms with E-state index in [1.807, 2.05) is 6.07 Å². The Morgan fingerprint density at radius 1 is 1.18 bits per heavy atom. The fourth-order valence-corrected chi connectivity index (χ4v) is 4.15. The molecule has 0 unspecified atom stereocenters. The van der Waals surface area contributed by atoms with Gasteiger partial charge in [-0.25, -0.2) is 4.31 Å². The second-order valence-electron chi connectivity index (χ2n) is 4.93. The summed E-state index contributed by atoms with van der Waals surface area (Å²) in [6.45, 7) is 0.124. The van der Waals surface area contributed by atoms with Crippen molar-refractivity contribution in [1.29, 1.82) is 5.26 Å². The summed E-state index contributed by atoms with van der Waals surface area (Å²) < 4.78 is 27.7. The summed E-state index contributed by atoms with van der Waals surface area (Å²) in [5, 5.41) is 9.41. The van der Waals surface area contributed by atoms with Gasteiger partial charge in [0, 0.05) is 12.1 Å². The average molecular weight is 334 g/mol. The molecule has 0 saturated heterocycles. The van der Waals surface area contributed by atoms with Crippen molar-refractivity contribution >= 4 is 33.2 Å². The predicted molar refractivity (Wildman–Crippen MR) is 86.1 cm³/mol. The van der Waals surface area contributed by atoms with Gasteiger partial charge in [-0.05, 0) is 35.9 Å². The number of hydrogen-bond donors (Lipinski definition) is 0. The van der Waals surface area contributed by atoms with Crippen LogP contribution in [0.25, 0.3) is 0 Å². The molecule has 0 saturated carbocycles. The Labute approximate surface area is 134 Å². The van der Waals surface area contributed by atoms with Crippen LogP contribution in [0.1, 0.15) is 11.1 Å². The summed E-state index contributed by atoms with van der Waals surface area (Å²) in [6, 6.07) is 14.0. The number of nitrogens with zero attached hydrogens (tertiary/aromatic N) is 3. The van der Waals surface area contributed by atoms with Gasteiger partial charge < -0.3 is 0 Å². The van der Waals surface area contributed by atoms with E-state index < -0.39 is 10.2 Å². The summed E-state index contributed by atoms with van der Waals surface area (Å²) in [4.78, 5) is 0. The first-order valence-corrected chi connectivity index (χ1v) is 8.26. The van der Waals surface area contributed by atoms with Gasteiger partial charge in [-0.2, -0.15) is 13.7 Å². The van der Waals surface area contributed by atoms with Crippen LogP contribution in [0, 0.1) is 11.3 Å². The van der Waals surface area contributed by atoms with Gasteiger partial charge in [0.05, 0.1) is 29.6 Å². The van der Waals surface area contributed by atoms with Gasteiger partial charge in [0.15, 0.2) is 0 Å². The van der Waals surface area contributed by atoms with Crippen LogP contribution in [0.2, 0.25) is 5.02 Å². The molecular weight excluding hydrogens is 322 g/mol. The van der Waals surface area contributed by atoms with Crippen LogP contribution in [0.15, 0.2) is 42.5 Å². The van der Waals surface area contributed by atoms with Gasteiger partial charge in [0.1, 0.15) is 0 Å².